The Morgan fingerprint density at radius 3 is 2.81 bits per heavy atom. The van der Waals surface area contributed by atoms with Crippen LogP contribution in [0.4, 0.5) is 0 Å². The monoisotopic (exact) mass is 291 g/mol. The number of aliphatic hydroxyl groups is 1. The first-order valence-electron chi connectivity index (χ1n) is 7.97. The minimum Gasteiger partial charge on any atom is -0.392 e. The second-order valence-electron chi connectivity index (χ2n) is 7.35. The van der Waals surface area contributed by atoms with Crippen molar-refractivity contribution in [1.29, 1.82) is 0 Å². The summed E-state index contributed by atoms with van der Waals surface area (Å²) in [5.74, 6) is -0.178. The molecule has 0 bridgehead atoms. The van der Waals surface area contributed by atoms with Crippen molar-refractivity contribution < 1.29 is 14.7 Å². The van der Waals surface area contributed by atoms with Crippen molar-refractivity contribution in [3.8, 4) is 0 Å². The van der Waals surface area contributed by atoms with Gasteiger partial charge >= 0.3 is 0 Å². The van der Waals surface area contributed by atoms with E-state index >= 15 is 0 Å². The molecule has 4 heteroatoms. The fourth-order valence-corrected chi connectivity index (χ4v) is 5.44. The number of hydrogen-bond donors (Lipinski definition) is 2. The molecule has 0 saturated heterocycles. The van der Waals surface area contributed by atoms with E-state index in [1.54, 1.807) is 6.08 Å². The predicted molar refractivity (Wildman–Crippen MR) is 79.4 cm³/mol. The first kappa shape index (κ1) is 14.8. The summed E-state index contributed by atoms with van der Waals surface area (Å²) in [6, 6.07) is 0. The van der Waals surface area contributed by atoms with E-state index in [9.17, 15) is 14.7 Å². The molecule has 116 valence electrons. The van der Waals surface area contributed by atoms with Crippen LogP contribution in [0.2, 0.25) is 0 Å². The summed E-state index contributed by atoms with van der Waals surface area (Å²) >= 11 is 0. The molecule has 21 heavy (non-hydrogen) atoms. The lowest BCUT2D eigenvalue weighted by Gasteiger charge is -2.39. The van der Waals surface area contributed by atoms with Crippen molar-refractivity contribution in [2.24, 2.45) is 28.1 Å². The van der Waals surface area contributed by atoms with Crippen molar-refractivity contribution in [3.63, 3.8) is 0 Å². The van der Waals surface area contributed by atoms with E-state index in [0.29, 0.717) is 6.54 Å². The summed E-state index contributed by atoms with van der Waals surface area (Å²) in [7, 11) is 0. The van der Waals surface area contributed by atoms with Gasteiger partial charge in [-0.3, -0.25) is 9.59 Å². The Balaban J connectivity index is 1.90. The molecule has 0 aromatic rings. The third kappa shape index (κ3) is 1.35. The Morgan fingerprint density at radius 2 is 2.19 bits per heavy atom. The summed E-state index contributed by atoms with van der Waals surface area (Å²) in [5.41, 5.74) is -1.08. The summed E-state index contributed by atoms with van der Waals surface area (Å²) in [6.45, 7) is 8.49. The van der Waals surface area contributed by atoms with Crippen LogP contribution in [0.15, 0.2) is 12.2 Å². The molecule has 0 aromatic carbocycles. The van der Waals surface area contributed by atoms with Gasteiger partial charge in [0, 0.05) is 23.3 Å². The van der Waals surface area contributed by atoms with Crippen LogP contribution in [-0.4, -0.2) is 29.4 Å². The minimum atomic E-state index is -0.624. The summed E-state index contributed by atoms with van der Waals surface area (Å²) < 4.78 is 0. The van der Waals surface area contributed by atoms with Crippen LogP contribution in [0.25, 0.3) is 0 Å². The van der Waals surface area contributed by atoms with Crippen LogP contribution in [-0.2, 0) is 9.59 Å². The SMILES string of the molecule is CCNC(=O)[C@@H](C)[C@@H]1CC[C@@]2(C)C3(C=CC(=O)[C@@]32C)[C@H]1O. The van der Waals surface area contributed by atoms with Crippen LogP contribution in [0.5, 0.6) is 0 Å². The van der Waals surface area contributed by atoms with Crippen LogP contribution < -0.4 is 5.32 Å². The van der Waals surface area contributed by atoms with Crippen LogP contribution in [0.3, 0.4) is 0 Å². The topological polar surface area (TPSA) is 66.4 Å². The summed E-state index contributed by atoms with van der Waals surface area (Å²) in [5, 5.41) is 13.8. The van der Waals surface area contributed by atoms with Gasteiger partial charge in [-0.25, -0.2) is 0 Å². The molecule has 3 aliphatic carbocycles. The van der Waals surface area contributed by atoms with Crippen molar-refractivity contribution in [2.45, 2.75) is 46.6 Å². The Labute approximate surface area is 126 Å². The van der Waals surface area contributed by atoms with Gasteiger partial charge in [-0.15, -0.1) is 0 Å². The van der Waals surface area contributed by atoms with Crippen LogP contribution in [0.1, 0.15) is 40.5 Å². The van der Waals surface area contributed by atoms with Crippen molar-refractivity contribution in [2.75, 3.05) is 6.54 Å². The van der Waals surface area contributed by atoms with Crippen molar-refractivity contribution in [3.05, 3.63) is 12.2 Å². The molecule has 0 heterocycles. The zero-order chi connectivity index (χ0) is 15.6. The largest absolute Gasteiger partial charge is 0.392 e. The van der Waals surface area contributed by atoms with Gasteiger partial charge in [0.15, 0.2) is 5.78 Å². The Hall–Kier alpha value is -1.16. The molecular weight excluding hydrogens is 266 g/mol. The number of ketones is 1. The van der Waals surface area contributed by atoms with E-state index in [1.807, 2.05) is 26.8 Å². The highest BCUT2D eigenvalue weighted by Gasteiger charge is 2.88. The number of nitrogens with one attached hydrogen (secondary N) is 1. The average Bonchev–Trinajstić information content (AvgIpc) is 2.73. The number of amides is 1. The van der Waals surface area contributed by atoms with Crippen molar-refractivity contribution >= 4 is 11.7 Å². The smallest absolute Gasteiger partial charge is 0.223 e. The average molecular weight is 291 g/mol. The number of carbonyl (C=O) groups is 2. The third-order valence-corrected chi connectivity index (χ3v) is 7.03. The van der Waals surface area contributed by atoms with Gasteiger partial charge in [-0.1, -0.05) is 26.8 Å². The van der Waals surface area contributed by atoms with E-state index in [0.717, 1.165) is 12.8 Å². The second-order valence-corrected chi connectivity index (χ2v) is 7.35. The molecule has 0 aliphatic heterocycles. The number of hydrogen-bond acceptors (Lipinski definition) is 3. The van der Waals surface area contributed by atoms with E-state index in [4.69, 9.17) is 0 Å². The van der Waals surface area contributed by atoms with Gasteiger partial charge < -0.3 is 10.4 Å². The molecule has 4 nitrogen and oxygen atoms in total. The highest BCUT2D eigenvalue weighted by Crippen LogP contribution is 2.86. The molecular formula is C17H25NO3. The van der Waals surface area contributed by atoms with E-state index in [2.05, 4.69) is 12.2 Å². The van der Waals surface area contributed by atoms with Gasteiger partial charge in [0.2, 0.25) is 5.91 Å². The van der Waals surface area contributed by atoms with Gasteiger partial charge in [0.05, 0.1) is 6.10 Å². The standard InChI is InChI=1S/C17H25NO3/c1-5-18-14(21)10(2)11-6-8-15(3)16(4)12(19)7-9-17(15,16)13(11)20/h7,9-11,13,20H,5-6,8H2,1-4H3,(H,18,21)/t10-,11-,13-,15+,16+,17?/m0/s1. The molecule has 1 spiro atoms. The lowest BCUT2D eigenvalue weighted by atomic mass is 9.68. The minimum absolute atomic E-state index is 0.00258. The van der Waals surface area contributed by atoms with Gasteiger partial charge in [-0.2, -0.15) is 0 Å². The van der Waals surface area contributed by atoms with E-state index in [1.165, 1.54) is 0 Å². The summed E-state index contributed by atoms with van der Waals surface area (Å²) in [4.78, 5) is 24.4. The molecule has 2 fully saturated rings. The first-order chi connectivity index (χ1) is 9.78. The van der Waals surface area contributed by atoms with Crippen molar-refractivity contribution in [1.82, 2.24) is 5.32 Å². The molecule has 2 saturated carbocycles. The number of rotatable bonds is 3. The number of allylic oxidation sites excluding steroid dienone is 1. The fraction of sp³-hybridized carbons (Fsp3) is 0.765. The zero-order valence-corrected chi connectivity index (χ0v) is 13.3. The molecule has 1 amide bonds. The number of aliphatic hydroxyl groups excluding tert-OH is 1. The highest BCUT2D eigenvalue weighted by molar-refractivity contribution is 6.03. The molecule has 0 radical (unpaired) electrons. The predicted octanol–water partition coefficient (Wildman–Crippen LogP) is 1.68. The number of carbonyl (C=O) groups excluding carboxylic acids is 2. The van der Waals surface area contributed by atoms with Crippen LogP contribution >= 0.6 is 0 Å². The highest BCUT2D eigenvalue weighted by atomic mass is 16.3. The third-order valence-electron chi connectivity index (χ3n) is 7.03. The Kier molecular flexibility index (Phi) is 2.94. The van der Waals surface area contributed by atoms with Gasteiger partial charge in [0.1, 0.15) is 0 Å². The Morgan fingerprint density at radius 1 is 1.52 bits per heavy atom. The maximum atomic E-state index is 12.3. The zero-order valence-electron chi connectivity index (χ0n) is 13.3. The molecule has 6 atom stereocenters. The maximum Gasteiger partial charge on any atom is 0.223 e. The molecule has 3 rings (SSSR count). The summed E-state index contributed by atoms with van der Waals surface area (Å²) in [6.07, 6.45) is 4.63. The fourth-order valence-electron chi connectivity index (χ4n) is 5.44. The quantitative estimate of drug-likeness (QED) is 0.831. The molecule has 1 unspecified atom stereocenters. The Bertz CT molecular complexity index is 542. The molecule has 0 aromatic heterocycles. The number of fused-ring (bicyclic) bond motifs is 1. The lowest BCUT2D eigenvalue weighted by Crippen LogP contribution is -2.45. The van der Waals surface area contributed by atoms with Gasteiger partial charge in [0.25, 0.3) is 0 Å². The van der Waals surface area contributed by atoms with Crippen LogP contribution in [0, 0.1) is 28.1 Å². The molecule has 2 N–H and O–H groups in total. The lowest BCUT2D eigenvalue weighted by molar-refractivity contribution is -0.129. The van der Waals surface area contributed by atoms with E-state index < -0.39 is 16.9 Å². The molecule has 3 aliphatic rings. The normalized spacial score (nSPS) is 48.5. The maximum absolute atomic E-state index is 12.3. The first-order valence-corrected chi connectivity index (χ1v) is 7.97. The van der Waals surface area contributed by atoms with E-state index in [-0.39, 0.29) is 28.9 Å². The second kappa shape index (κ2) is 4.19. The van der Waals surface area contributed by atoms with Gasteiger partial charge in [-0.05, 0) is 37.2 Å².